The largest absolute Gasteiger partial charge is 0.309 e. The van der Waals surface area contributed by atoms with E-state index in [0.29, 0.717) is 5.56 Å². The van der Waals surface area contributed by atoms with Gasteiger partial charge in [0.05, 0.1) is 33.8 Å². The van der Waals surface area contributed by atoms with Gasteiger partial charge in [0.2, 0.25) is 0 Å². The number of aromatic nitrogens is 1. The van der Waals surface area contributed by atoms with Gasteiger partial charge in [0.15, 0.2) is 0 Å². The van der Waals surface area contributed by atoms with Crippen molar-refractivity contribution in [1.29, 1.82) is 5.26 Å². The van der Waals surface area contributed by atoms with Crippen LogP contribution in [0.4, 0.5) is 0 Å². The molecule has 0 amide bonds. The molecule has 3 heterocycles. The SMILES string of the molecule is N#Cc1ccc(-c2ccc3c(c2)Sc2ccccc2C32c3ccccc3-n3c4ccccc4c4cccc2c43)cc1. The van der Waals surface area contributed by atoms with Crippen molar-refractivity contribution in [3.05, 3.63) is 161 Å². The van der Waals surface area contributed by atoms with Gasteiger partial charge in [-0.15, -0.1) is 0 Å². The van der Waals surface area contributed by atoms with Crippen LogP contribution in [0.2, 0.25) is 0 Å². The molecule has 1 atom stereocenters. The first-order valence-corrected chi connectivity index (χ1v) is 14.7. The second-order valence-corrected chi connectivity index (χ2v) is 11.9. The zero-order chi connectivity index (χ0) is 27.1. The molecule has 0 radical (unpaired) electrons. The summed E-state index contributed by atoms with van der Waals surface area (Å²) in [4.78, 5) is 2.55. The van der Waals surface area contributed by atoms with E-state index in [1.807, 2.05) is 36.0 Å². The van der Waals surface area contributed by atoms with Crippen LogP contribution in [0, 0.1) is 11.3 Å². The van der Waals surface area contributed by atoms with Gasteiger partial charge >= 0.3 is 0 Å². The highest BCUT2D eigenvalue weighted by molar-refractivity contribution is 7.99. The minimum atomic E-state index is -0.457. The number of fused-ring (bicyclic) bond motifs is 11. The predicted molar refractivity (Wildman–Crippen MR) is 167 cm³/mol. The van der Waals surface area contributed by atoms with Crippen molar-refractivity contribution in [2.45, 2.75) is 15.2 Å². The van der Waals surface area contributed by atoms with Gasteiger partial charge in [0.25, 0.3) is 0 Å². The molecule has 2 aliphatic heterocycles. The standard InChI is InChI=1S/C38H22N2S/c39-23-24-16-18-25(19-17-24)26-20-21-31-36(22-26)41-35-15-6-3-11-30(35)38(31)29-10-2-5-14-34(29)40-33-13-4-1-8-27(33)28-9-7-12-32(38)37(28)40/h1-22H. The lowest BCUT2D eigenvalue weighted by molar-refractivity contribution is 0.690. The van der Waals surface area contributed by atoms with Crippen molar-refractivity contribution in [3.63, 3.8) is 0 Å². The minimum absolute atomic E-state index is 0.457. The normalized spacial score (nSPS) is 16.3. The number of nitriles is 1. The van der Waals surface area contributed by atoms with Crippen LogP contribution in [-0.2, 0) is 5.41 Å². The molecule has 3 heteroatoms. The number of hydrogen-bond acceptors (Lipinski definition) is 2. The molecule has 0 bridgehead atoms. The molecule has 0 N–H and O–H groups in total. The van der Waals surface area contributed by atoms with Crippen LogP contribution in [0.5, 0.6) is 0 Å². The summed E-state index contributed by atoms with van der Waals surface area (Å²) in [6.45, 7) is 0. The Hall–Kier alpha value is -5.04. The van der Waals surface area contributed by atoms with Crippen molar-refractivity contribution < 1.29 is 0 Å². The average Bonchev–Trinajstić information content (AvgIpc) is 3.38. The lowest BCUT2D eigenvalue weighted by Crippen LogP contribution is -2.37. The Bertz CT molecular complexity index is 2250. The molecule has 7 aromatic rings. The van der Waals surface area contributed by atoms with Crippen molar-refractivity contribution in [3.8, 4) is 22.9 Å². The number of benzene rings is 6. The van der Waals surface area contributed by atoms with Gasteiger partial charge in [-0.05, 0) is 69.8 Å². The maximum atomic E-state index is 9.29. The molecule has 1 unspecified atom stereocenters. The Balaban J connectivity index is 1.43. The van der Waals surface area contributed by atoms with E-state index in [2.05, 4.69) is 120 Å². The van der Waals surface area contributed by atoms with E-state index in [9.17, 15) is 5.26 Å². The zero-order valence-electron chi connectivity index (χ0n) is 22.0. The third-order valence-electron chi connectivity index (χ3n) is 8.89. The number of nitrogens with zero attached hydrogens (tertiary/aromatic N) is 2. The highest BCUT2D eigenvalue weighted by Crippen LogP contribution is 2.60. The first-order valence-electron chi connectivity index (χ1n) is 13.8. The topological polar surface area (TPSA) is 28.7 Å². The summed E-state index contributed by atoms with van der Waals surface area (Å²) in [5, 5.41) is 11.9. The van der Waals surface area contributed by atoms with Crippen molar-refractivity contribution >= 4 is 33.6 Å². The summed E-state index contributed by atoms with van der Waals surface area (Å²) in [6.07, 6.45) is 0. The lowest BCUT2D eigenvalue weighted by Gasteiger charge is -2.45. The fourth-order valence-corrected chi connectivity index (χ4v) is 8.48. The van der Waals surface area contributed by atoms with Crippen molar-refractivity contribution in [1.82, 2.24) is 4.57 Å². The predicted octanol–water partition coefficient (Wildman–Crippen LogP) is 9.48. The zero-order valence-corrected chi connectivity index (χ0v) is 22.8. The molecule has 41 heavy (non-hydrogen) atoms. The first kappa shape index (κ1) is 22.7. The maximum Gasteiger partial charge on any atom is 0.0991 e. The van der Waals surface area contributed by atoms with E-state index in [4.69, 9.17) is 0 Å². The van der Waals surface area contributed by atoms with Gasteiger partial charge in [0.1, 0.15) is 0 Å². The van der Waals surface area contributed by atoms with Crippen molar-refractivity contribution in [2.24, 2.45) is 0 Å². The van der Waals surface area contributed by atoms with E-state index >= 15 is 0 Å². The van der Waals surface area contributed by atoms with Crippen LogP contribution in [0.25, 0.3) is 38.6 Å². The molecule has 0 saturated heterocycles. The van der Waals surface area contributed by atoms with Gasteiger partial charge in [-0.3, -0.25) is 0 Å². The summed E-state index contributed by atoms with van der Waals surface area (Å²) < 4.78 is 2.48. The molecule has 0 fully saturated rings. The van der Waals surface area contributed by atoms with Crippen LogP contribution in [0.3, 0.4) is 0 Å². The van der Waals surface area contributed by atoms with Crippen LogP contribution in [0.15, 0.2) is 143 Å². The van der Waals surface area contributed by atoms with Gasteiger partial charge in [0, 0.05) is 20.6 Å². The molecule has 190 valence electrons. The average molecular weight is 539 g/mol. The monoisotopic (exact) mass is 538 g/mol. The second kappa shape index (κ2) is 8.24. The third-order valence-corrected chi connectivity index (χ3v) is 10.0. The molecule has 0 saturated carbocycles. The number of para-hydroxylation sites is 3. The maximum absolute atomic E-state index is 9.29. The van der Waals surface area contributed by atoms with Crippen LogP contribution >= 0.6 is 11.8 Å². The molecular formula is C38H22N2S. The summed E-state index contributed by atoms with van der Waals surface area (Å²) in [5.41, 5.74) is 11.5. The molecule has 9 rings (SSSR count). The van der Waals surface area contributed by atoms with E-state index in [0.717, 1.165) is 11.1 Å². The Labute approximate surface area is 242 Å². The Morgan fingerprint density at radius 3 is 2.12 bits per heavy atom. The summed E-state index contributed by atoms with van der Waals surface area (Å²) in [5.74, 6) is 0. The van der Waals surface area contributed by atoms with Gasteiger partial charge in [-0.2, -0.15) is 5.26 Å². The summed E-state index contributed by atoms with van der Waals surface area (Å²) in [7, 11) is 0. The smallest absolute Gasteiger partial charge is 0.0991 e. The van der Waals surface area contributed by atoms with Crippen LogP contribution in [0.1, 0.15) is 27.8 Å². The number of hydrogen-bond donors (Lipinski definition) is 0. The Morgan fingerprint density at radius 2 is 1.24 bits per heavy atom. The summed E-state index contributed by atoms with van der Waals surface area (Å²) >= 11 is 1.86. The quantitative estimate of drug-likeness (QED) is 0.208. The van der Waals surface area contributed by atoms with Crippen molar-refractivity contribution in [2.75, 3.05) is 0 Å². The third kappa shape index (κ3) is 2.87. The second-order valence-electron chi connectivity index (χ2n) is 10.8. The van der Waals surface area contributed by atoms with Gasteiger partial charge in [-0.1, -0.05) is 109 Å². The molecule has 2 nitrogen and oxygen atoms in total. The highest BCUT2D eigenvalue weighted by atomic mass is 32.2. The van der Waals surface area contributed by atoms with Crippen LogP contribution in [-0.4, -0.2) is 4.57 Å². The molecular weight excluding hydrogens is 516 g/mol. The van der Waals surface area contributed by atoms with Gasteiger partial charge < -0.3 is 4.57 Å². The molecule has 1 aromatic heterocycles. The Kier molecular flexibility index (Phi) is 4.57. The summed E-state index contributed by atoms with van der Waals surface area (Å²) in [6, 6.07) is 50.6. The van der Waals surface area contributed by atoms with E-state index in [1.54, 1.807) is 0 Å². The molecule has 0 aliphatic carbocycles. The fourth-order valence-electron chi connectivity index (χ4n) is 7.24. The molecule has 2 aliphatic rings. The number of rotatable bonds is 1. The van der Waals surface area contributed by atoms with E-state index in [-0.39, 0.29) is 0 Å². The van der Waals surface area contributed by atoms with E-state index in [1.165, 1.54) is 59.5 Å². The van der Waals surface area contributed by atoms with Crippen LogP contribution < -0.4 is 0 Å². The first-order chi connectivity index (χ1) is 20.3. The minimum Gasteiger partial charge on any atom is -0.309 e. The molecule has 6 aromatic carbocycles. The van der Waals surface area contributed by atoms with Gasteiger partial charge in [-0.25, -0.2) is 0 Å². The fraction of sp³-hybridized carbons (Fsp3) is 0.0263. The molecule has 1 spiro atoms. The lowest BCUT2D eigenvalue weighted by atomic mass is 9.62. The van der Waals surface area contributed by atoms with E-state index < -0.39 is 5.41 Å². The highest BCUT2D eigenvalue weighted by Gasteiger charge is 2.49. The Morgan fingerprint density at radius 1 is 0.561 bits per heavy atom.